The maximum atomic E-state index is 6.26. The molecule has 3 atom stereocenters. The monoisotopic (exact) mass is 423 g/mol. The molecule has 0 heterocycles. The molecule has 1 aromatic rings. The standard InChI is InChI=1S/C28H38ClN/c1-17(30-26-22-8-18-6-19(10-22)11-23(26)9-18)27-12-20-7-21(13-27)15-28(14-20,16-27)24-2-4-25(29)5-3-24/h2-5,17-23,26,30H,6-16H2,1H3. The Balaban J connectivity index is 1.17. The van der Waals surface area contributed by atoms with E-state index >= 15 is 0 Å². The Labute approximate surface area is 187 Å². The van der Waals surface area contributed by atoms with Gasteiger partial charge in [0.25, 0.3) is 0 Å². The first-order valence-electron chi connectivity index (χ1n) is 13.0. The van der Waals surface area contributed by atoms with Crippen LogP contribution in [0.5, 0.6) is 0 Å². The van der Waals surface area contributed by atoms with Crippen molar-refractivity contribution in [1.29, 1.82) is 0 Å². The van der Waals surface area contributed by atoms with Gasteiger partial charge in [-0.15, -0.1) is 0 Å². The number of rotatable bonds is 4. The lowest BCUT2D eigenvalue weighted by atomic mass is 9.41. The van der Waals surface area contributed by atoms with Gasteiger partial charge in [-0.05, 0) is 142 Å². The quantitative estimate of drug-likeness (QED) is 0.550. The highest BCUT2D eigenvalue weighted by Crippen LogP contribution is 2.67. The molecule has 162 valence electrons. The predicted octanol–water partition coefficient (Wildman–Crippen LogP) is 6.98. The molecule has 0 saturated heterocycles. The second-order valence-corrected chi connectivity index (χ2v) is 13.4. The van der Waals surface area contributed by atoms with E-state index in [0.29, 0.717) is 16.9 Å². The van der Waals surface area contributed by atoms with E-state index in [2.05, 4.69) is 36.5 Å². The third-order valence-electron chi connectivity index (χ3n) is 11.2. The molecule has 0 amide bonds. The van der Waals surface area contributed by atoms with Gasteiger partial charge < -0.3 is 5.32 Å². The second kappa shape index (κ2) is 6.50. The number of nitrogens with one attached hydrogen (secondary N) is 1. The molecule has 9 rings (SSSR count). The van der Waals surface area contributed by atoms with Gasteiger partial charge in [-0.2, -0.15) is 0 Å². The molecule has 2 heteroatoms. The van der Waals surface area contributed by atoms with Gasteiger partial charge in [-0.3, -0.25) is 0 Å². The van der Waals surface area contributed by atoms with E-state index in [-0.39, 0.29) is 0 Å². The maximum Gasteiger partial charge on any atom is 0.0406 e. The van der Waals surface area contributed by atoms with E-state index in [1.54, 1.807) is 12.0 Å². The fourth-order valence-corrected chi connectivity index (χ4v) is 10.8. The summed E-state index contributed by atoms with van der Waals surface area (Å²) in [4.78, 5) is 0. The van der Waals surface area contributed by atoms with Crippen LogP contribution in [0.4, 0.5) is 0 Å². The van der Waals surface area contributed by atoms with Gasteiger partial charge in [0.1, 0.15) is 0 Å². The summed E-state index contributed by atoms with van der Waals surface area (Å²) in [7, 11) is 0. The summed E-state index contributed by atoms with van der Waals surface area (Å²) in [6.45, 7) is 2.59. The molecule has 8 bridgehead atoms. The molecule has 8 aliphatic rings. The van der Waals surface area contributed by atoms with Crippen LogP contribution in [0.3, 0.4) is 0 Å². The Morgan fingerprint density at radius 3 is 1.97 bits per heavy atom. The van der Waals surface area contributed by atoms with Crippen molar-refractivity contribution in [3.8, 4) is 0 Å². The van der Waals surface area contributed by atoms with Crippen molar-refractivity contribution in [2.24, 2.45) is 40.9 Å². The van der Waals surface area contributed by atoms with Gasteiger partial charge in [-0.25, -0.2) is 0 Å². The highest BCUT2D eigenvalue weighted by atomic mass is 35.5. The van der Waals surface area contributed by atoms with Crippen LogP contribution in [0.2, 0.25) is 5.02 Å². The summed E-state index contributed by atoms with van der Waals surface area (Å²) in [5.41, 5.74) is 2.54. The third-order valence-corrected chi connectivity index (χ3v) is 11.4. The molecule has 3 unspecified atom stereocenters. The van der Waals surface area contributed by atoms with E-state index in [4.69, 9.17) is 11.6 Å². The van der Waals surface area contributed by atoms with Crippen LogP contribution in [0, 0.1) is 40.9 Å². The summed E-state index contributed by atoms with van der Waals surface area (Å²) in [6, 6.07) is 10.5. The van der Waals surface area contributed by atoms with Gasteiger partial charge in [0.15, 0.2) is 0 Å². The average molecular weight is 424 g/mol. The molecule has 8 fully saturated rings. The van der Waals surface area contributed by atoms with Crippen LogP contribution in [0.1, 0.15) is 83.1 Å². The van der Waals surface area contributed by atoms with E-state index in [1.165, 1.54) is 64.2 Å². The SMILES string of the molecule is CC(NC1C2CC3CC(C2)CC1C3)C12CC3CC(CC(c4ccc(Cl)cc4)(C3)C1)C2. The topological polar surface area (TPSA) is 12.0 Å². The van der Waals surface area contributed by atoms with Crippen LogP contribution < -0.4 is 5.32 Å². The van der Waals surface area contributed by atoms with Crippen molar-refractivity contribution in [2.75, 3.05) is 0 Å². The minimum Gasteiger partial charge on any atom is -0.310 e. The number of hydrogen-bond acceptors (Lipinski definition) is 1. The summed E-state index contributed by atoms with van der Waals surface area (Å²) < 4.78 is 0. The lowest BCUT2D eigenvalue weighted by Crippen LogP contribution is -2.64. The number of benzene rings is 1. The number of hydrogen-bond donors (Lipinski definition) is 1. The van der Waals surface area contributed by atoms with Crippen molar-refractivity contribution in [3.63, 3.8) is 0 Å². The fraction of sp³-hybridized carbons (Fsp3) is 0.786. The zero-order valence-corrected chi connectivity index (χ0v) is 19.3. The van der Waals surface area contributed by atoms with Crippen molar-refractivity contribution < 1.29 is 0 Å². The summed E-state index contributed by atoms with van der Waals surface area (Å²) in [6.07, 6.45) is 16.4. The normalized spacial score (nSPS) is 51.5. The van der Waals surface area contributed by atoms with Crippen LogP contribution in [0.25, 0.3) is 0 Å². The van der Waals surface area contributed by atoms with Gasteiger partial charge in [0.2, 0.25) is 0 Å². The van der Waals surface area contributed by atoms with Crippen molar-refractivity contribution in [2.45, 2.75) is 95.1 Å². The van der Waals surface area contributed by atoms with Crippen molar-refractivity contribution in [3.05, 3.63) is 34.9 Å². The van der Waals surface area contributed by atoms with Crippen LogP contribution in [-0.2, 0) is 5.41 Å². The van der Waals surface area contributed by atoms with Crippen molar-refractivity contribution >= 4 is 11.6 Å². The predicted molar refractivity (Wildman–Crippen MR) is 124 cm³/mol. The molecule has 1 N–H and O–H groups in total. The summed E-state index contributed by atoms with van der Waals surface area (Å²) in [5, 5.41) is 5.26. The molecule has 0 spiro atoms. The first kappa shape index (κ1) is 19.0. The molecule has 8 aliphatic carbocycles. The molecule has 1 aromatic carbocycles. The van der Waals surface area contributed by atoms with Gasteiger partial charge in [0.05, 0.1) is 0 Å². The maximum absolute atomic E-state index is 6.26. The Hall–Kier alpha value is -0.530. The Morgan fingerprint density at radius 1 is 0.800 bits per heavy atom. The van der Waals surface area contributed by atoms with E-state index < -0.39 is 0 Å². The van der Waals surface area contributed by atoms with Gasteiger partial charge in [0, 0.05) is 17.1 Å². The van der Waals surface area contributed by atoms with Crippen molar-refractivity contribution in [1.82, 2.24) is 5.32 Å². The molecule has 30 heavy (non-hydrogen) atoms. The van der Waals surface area contributed by atoms with Crippen LogP contribution >= 0.6 is 11.6 Å². The largest absolute Gasteiger partial charge is 0.310 e. The highest BCUT2D eigenvalue weighted by molar-refractivity contribution is 6.30. The zero-order chi connectivity index (χ0) is 20.1. The summed E-state index contributed by atoms with van der Waals surface area (Å²) in [5.74, 6) is 6.03. The van der Waals surface area contributed by atoms with E-state index in [9.17, 15) is 0 Å². The van der Waals surface area contributed by atoms with E-state index in [0.717, 1.165) is 46.6 Å². The van der Waals surface area contributed by atoms with Crippen LogP contribution in [0.15, 0.2) is 24.3 Å². The molecule has 1 nitrogen and oxygen atoms in total. The Morgan fingerprint density at radius 2 is 1.37 bits per heavy atom. The van der Waals surface area contributed by atoms with Gasteiger partial charge >= 0.3 is 0 Å². The lowest BCUT2D eigenvalue weighted by molar-refractivity contribution is -0.0986. The zero-order valence-electron chi connectivity index (χ0n) is 18.6. The molecule has 0 radical (unpaired) electrons. The fourth-order valence-electron chi connectivity index (χ4n) is 10.6. The lowest BCUT2D eigenvalue weighted by Gasteiger charge is -2.65. The average Bonchev–Trinajstić information content (AvgIpc) is 2.69. The highest BCUT2D eigenvalue weighted by Gasteiger charge is 2.60. The molecule has 0 aliphatic heterocycles. The van der Waals surface area contributed by atoms with E-state index in [1.807, 2.05) is 0 Å². The minimum absolute atomic E-state index is 0.425. The number of halogens is 1. The third kappa shape index (κ3) is 2.76. The Bertz CT molecular complexity index is 786. The first-order valence-corrected chi connectivity index (χ1v) is 13.4. The first-order chi connectivity index (χ1) is 14.5. The summed E-state index contributed by atoms with van der Waals surface area (Å²) >= 11 is 6.26. The molecule has 0 aromatic heterocycles. The minimum atomic E-state index is 0.425. The smallest absolute Gasteiger partial charge is 0.0406 e. The Kier molecular flexibility index (Phi) is 4.12. The molecular formula is C28H38ClN. The van der Waals surface area contributed by atoms with Gasteiger partial charge in [-0.1, -0.05) is 23.7 Å². The van der Waals surface area contributed by atoms with Crippen LogP contribution in [-0.4, -0.2) is 12.1 Å². The molecular weight excluding hydrogens is 386 g/mol. The second-order valence-electron chi connectivity index (χ2n) is 13.0. The molecule has 8 saturated carbocycles.